The van der Waals surface area contributed by atoms with E-state index in [4.69, 9.17) is 11.6 Å². The van der Waals surface area contributed by atoms with Crippen molar-refractivity contribution >= 4 is 17.5 Å². The molecule has 1 amide bonds. The molecule has 0 aliphatic carbocycles. The lowest BCUT2D eigenvalue weighted by molar-refractivity contribution is 0.0938. The molecule has 1 aromatic carbocycles. The van der Waals surface area contributed by atoms with Gasteiger partial charge >= 0.3 is 0 Å². The number of halogens is 1. The van der Waals surface area contributed by atoms with Crippen LogP contribution in [0.15, 0.2) is 36.7 Å². The number of nitrogens with zero attached hydrogens (tertiary/aromatic N) is 4. The van der Waals surface area contributed by atoms with E-state index in [1.165, 1.54) is 6.33 Å². The van der Waals surface area contributed by atoms with Crippen molar-refractivity contribution in [1.82, 2.24) is 24.6 Å². The maximum absolute atomic E-state index is 12.7. The van der Waals surface area contributed by atoms with Crippen LogP contribution in [-0.2, 0) is 7.05 Å². The van der Waals surface area contributed by atoms with Crippen molar-refractivity contribution in [2.75, 3.05) is 0 Å². The third-order valence-corrected chi connectivity index (χ3v) is 4.53. The van der Waals surface area contributed by atoms with Gasteiger partial charge in [-0.25, -0.2) is 4.98 Å². The van der Waals surface area contributed by atoms with Crippen LogP contribution in [0.5, 0.6) is 0 Å². The van der Waals surface area contributed by atoms with Gasteiger partial charge in [-0.15, -0.1) is 0 Å². The van der Waals surface area contributed by atoms with E-state index >= 15 is 0 Å². The Morgan fingerprint density at radius 2 is 1.88 bits per heavy atom. The summed E-state index contributed by atoms with van der Waals surface area (Å²) < 4.78 is 3.72. The molecule has 0 aliphatic heterocycles. The minimum atomic E-state index is -0.283. The van der Waals surface area contributed by atoms with Gasteiger partial charge in [-0.1, -0.05) is 11.6 Å². The number of aryl methyl sites for hydroxylation is 3. The summed E-state index contributed by atoms with van der Waals surface area (Å²) in [6, 6.07) is 9.26. The lowest BCUT2D eigenvalue weighted by atomic mass is 10.1. The average molecular weight is 358 g/mol. The number of carbonyl (C=O) groups excluding carboxylic acids is 1. The largest absolute Gasteiger partial charge is 0.342 e. The summed E-state index contributed by atoms with van der Waals surface area (Å²) in [4.78, 5) is 16.9. The van der Waals surface area contributed by atoms with E-state index in [1.54, 1.807) is 23.9 Å². The first-order valence-corrected chi connectivity index (χ1v) is 8.36. The van der Waals surface area contributed by atoms with Gasteiger partial charge in [-0.2, -0.15) is 5.10 Å². The zero-order chi connectivity index (χ0) is 18.1. The van der Waals surface area contributed by atoms with Crippen molar-refractivity contribution in [2.24, 2.45) is 7.05 Å². The van der Waals surface area contributed by atoms with E-state index in [0.717, 1.165) is 17.1 Å². The molecular formula is C18H20ClN5O. The summed E-state index contributed by atoms with van der Waals surface area (Å²) in [7, 11) is 1.79. The molecule has 0 bridgehead atoms. The molecule has 0 saturated carbocycles. The van der Waals surface area contributed by atoms with Gasteiger partial charge in [0.2, 0.25) is 0 Å². The van der Waals surface area contributed by atoms with Crippen molar-refractivity contribution in [3.05, 3.63) is 64.5 Å². The van der Waals surface area contributed by atoms with E-state index in [1.807, 2.05) is 39.0 Å². The Bertz CT molecular complexity index is 908. The minimum absolute atomic E-state index is 0.246. The molecule has 1 N–H and O–H groups in total. The molecule has 7 heteroatoms. The molecule has 3 rings (SSSR count). The predicted molar refractivity (Wildman–Crippen MR) is 97.1 cm³/mol. The van der Waals surface area contributed by atoms with E-state index in [2.05, 4.69) is 20.0 Å². The summed E-state index contributed by atoms with van der Waals surface area (Å²) in [5.41, 5.74) is 3.53. The molecule has 0 saturated heterocycles. The van der Waals surface area contributed by atoms with Crippen LogP contribution in [0.25, 0.3) is 5.69 Å². The highest BCUT2D eigenvalue weighted by Gasteiger charge is 2.18. The van der Waals surface area contributed by atoms with Crippen molar-refractivity contribution in [3.63, 3.8) is 0 Å². The lowest BCUT2D eigenvalue weighted by Crippen LogP contribution is -2.29. The topological polar surface area (TPSA) is 64.7 Å². The van der Waals surface area contributed by atoms with Crippen molar-refractivity contribution in [3.8, 4) is 5.69 Å². The van der Waals surface area contributed by atoms with Gasteiger partial charge in [-0.05, 0) is 51.1 Å². The molecule has 3 aromatic rings. The van der Waals surface area contributed by atoms with Crippen LogP contribution in [0.2, 0.25) is 5.02 Å². The smallest absolute Gasteiger partial charge is 0.253 e. The van der Waals surface area contributed by atoms with Gasteiger partial charge in [0.1, 0.15) is 12.2 Å². The Balaban J connectivity index is 1.90. The SMILES string of the molecule is Cc1ccc(C)n1-c1ccc(Cl)c(C(=O)NC(C)c2ncnn2C)c1. The molecule has 0 fully saturated rings. The fourth-order valence-electron chi connectivity index (χ4n) is 2.94. The van der Waals surface area contributed by atoms with Gasteiger partial charge < -0.3 is 9.88 Å². The van der Waals surface area contributed by atoms with E-state index < -0.39 is 0 Å². The van der Waals surface area contributed by atoms with Crippen molar-refractivity contribution < 1.29 is 4.79 Å². The van der Waals surface area contributed by atoms with Crippen LogP contribution >= 0.6 is 11.6 Å². The maximum atomic E-state index is 12.7. The Morgan fingerprint density at radius 1 is 1.20 bits per heavy atom. The second-order valence-corrected chi connectivity index (χ2v) is 6.46. The highest BCUT2D eigenvalue weighted by molar-refractivity contribution is 6.33. The van der Waals surface area contributed by atoms with Crippen LogP contribution in [-0.4, -0.2) is 25.2 Å². The average Bonchev–Trinajstić information content (AvgIpc) is 3.14. The molecular weight excluding hydrogens is 338 g/mol. The monoisotopic (exact) mass is 357 g/mol. The van der Waals surface area contributed by atoms with Gasteiger partial charge in [0.25, 0.3) is 5.91 Å². The molecule has 0 spiro atoms. The van der Waals surface area contributed by atoms with E-state index in [0.29, 0.717) is 16.4 Å². The van der Waals surface area contributed by atoms with Gasteiger partial charge in [0, 0.05) is 24.1 Å². The quantitative estimate of drug-likeness (QED) is 0.778. The minimum Gasteiger partial charge on any atom is -0.342 e. The number of aromatic nitrogens is 4. The Kier molecular flexibility index (Phi) is 4.63. The first-order valence-electron chi connectivity index (χ1n) is 7.98. The lowest BCUT2D eigenvalue weighted by Gasteiger charge is -2.15. The Morgan fingerprint density at radius 3 is 2.48 bits per heavy atom. The van der Waals surface area contributed by atoms with E-state index in [-0.39, 0.29) is 11.9 Å². The van der Waals surface area contributed by atoms with Crippen LogP contribution in [0.1, 0.15) is 40.5 Å². The predicted octanol–water partition coefficient (Wildman–Crippen LogP) is 3.37. The number of benzene rings is 1. The third kappa shape index (κ3) is 3.30. The van der Waals surface area contributed by atoms with Crippen LogP contribution in [0.4, 0.5) is 0 Å². The maximum Gasteiger partial charge on any atom is 0.253 e. The molecule has 2 heterocycles. The normalized spacial score (nSPS) is 12.2. The Hall–Kier alpha value is -2.60. The summed E-state index contributed by atoms with van der Waals surface area (Å²) in [6.07, 6.45) is 1.46. The summed E-state index contributed by atoms with van der Waals surface area (Å²) in [6.45, 7) is 5.91. The van der Waals surface area contributed by atoms with Crippen molar-refractivity contribution in [2.45, 2.75) is 26.8 Å². The summed E-state index contributed by atoms with van der Waals surface area (Å²) in [5, 5.41) is 7.36. The Labute approximate surface area is 151 Å². The number of hydrogen-bond acceptors (Lipinski definition) is 3. The third-order valence-electron chi connectivity index (χ3n) is 4.21. The highest BCUT2D eigenvalue weighted by Crippen LogP contribution is 2.23. The van der Waals surface area contributed by atoms with Gasteiger partial charge in [0.15, 0.2) is 0 Å². The molecule has 6 nitrogen and oxygen atoms in total. The van der Waals surface area contributed by atoms with Gasteiger partial charge in [0.05, 0.1) is 16.6 Å². The van der Waals surface area contributed by atoms with E-state index in [9.17, 15) is 4.79 Å². The van der Waals surface area contributed by atoms with Crippen LogP contribution < -0.4 is 5.32 Å². The zero-order valence-corrected chi connectivity index (χ0v) is 15.4. The molecule has 0 radical (unpaired) electrons. The molecule has 2 aromatic heterocycles. The fourth-order valence-corrected chi connectivity index (χ4v) is 3.14. The summed E-state index contributed by atoms with van der Waals surface area (Å²) >= 11 is 6.27. The second-order valence-electron chi connectivity index (χ2n) is 6.05. The molecule has 1 atom stereocenters. The second kappa shape index (κ2) is 6.72. The first-order chi connectivity index (χ1) is 11.9. The standard InChI is InChI=1S/C18H20ClN5O/c1-11-5-6-12(2)24(11)14-7-8-16(19)15(9-14)18(25)22-13(3)17-20-10-21-23(17)4/h5-10,13H,1-4H3,(H,22,25). The highest BCUT2D eigenvalue weighted by atomic mass is 35.5. The molecule has 25 heavy (non-hydrogen) atoms. The molecule has 0 aliphatic rings. The molecule has 130 valence electrons. The van der Waals surface area contributed by atoms with Crippen molar-refractivity contribution in [1.29, 1.82) is 0 Å². The zero-order valence-electron chi connectivity index (χ0n) is 14.6. The number of amides is 1. The molecule has 1 unspecified atom stereocenters. The number of rotatable bonds is 4. The fraction of sp³-hybridized carbons (Fsp3) is 0.278. The van der Waals surface area contributed by atoms with Crippen LogP contribution in [0, 0.1) is 13.8 Å². The number of hydrogen-bond donors (Lipinski definition) is 1. The number of nitrogens with one attached hydrogen (secondary N) is 1. The summed E-state index contributed by atoms with van der Waals surface area (Å²) in [5.74, 6) is 0.433. The number of carbonyl (C=O) groups is 1. The van der Waals surface area contributed by atoms with Crippen LogP contribution in [0.3, 0.4) is 0 Å². The van der Waals surface area contributed by atoms with Gasteiger partial charge in [-0.3, -0.25) is 9.48 Å². The first kappa shape index (κ1) is 17.2.